The van der Waals surface area contributed by atoms with Crippen molar-refractivity contribution >= 4 is 21.6 Å². The molecule has 0 bridgehead atoms. The van der Waals surface area contributed by atoms with Crippen LogP contribution in [0.15, 0.2) is 27.6 Å². The van der Waals surface area contributed by atoms with Crippen LogP contribution in [0.2, 0.25) is 0 Å². The Morgan fingerprint density at radius 1 is 1.31 bits per heavy atom. The lowest BCUT2D eigenvalue weighted by atomic mass is 10.2. The van der Waals surface area contributed by atoms with Gasteiger partial charge in [-0.3, -0.25) is 4.79 Å². The molecule has 1 aromatic heterocycles. The quantitative estimate of drug-likeness (QED) is 0.872. The number of benzene rings is 1. The van der Waals surface area contributed by atoms with E-state index in [-0.39, 0.29) is 28.6 Å². The van der Waals surface area contributed by atoms with Crippen LogP contribution in [0.25, 0.3) is 0 Å². The number of carbonyl (C=O) groups excluding carboxylic acids is 1. The molecule has 2 heterocycles. The maximum absolute atomic E-state index is 13.3. The van der Waals surface area contributed by atoms with Crippen molar-refractivity contribution in [3.63, 3.8) is 0 Å². The van der Waals surface area contributed by atoms with Gasteiger partial charge < -0.3 is 9.84 Å². The van der Waals surface area contributed by atoms with E-state index in [1.807, 2.05) is 0 Å². The molecule has 7 nitrogen and oxygen atoms in total. The first-order valence-electron chi connectivity index (χ1n) is 7.92. The standard InChI is InChI=1S/C16H17F2N3O4S/c1-9-15(10(2)25-20-9)26(23,24)21-7-3-4-14(21)16(22)19-11-5-6-12(17)13(18)8-11/h5-6,8,14H,3-4,7H2,1-2H3,(H,19,22). The minimum absolute atomic E-state index is 0.0509. The molecule has 1 unspecified atom stereocenters. The second-order valence-electron chi connectivity index (χ2n) is 6.05. The van der Waals surface area contributed by atoms with E-state index in [0.29, 0.717) is 12.8 Å². The molecular formula is C16H17F2N3O4S. The Balaban J connectivity index is 1.85. The van der Waals surface area contributed by atoms with Gasteiger partial charge >= 0.3 is 0 Å². The minimum atomic E-state index is -3.98. The summed E-state index contributed by atoms with van der Waals surface area (Å²) in [4.78, 5) is 12.5. The highest BCUT2D eigenvalue weighted by Gasteiger charge is 2.41. The van der Waals surface area contributed by atoms with Crippen LogP contribution in [0.4, 0.5) is 14.5 Å². The summed E-state index contributed by atoms with van der Waals surface area (Å²) < 4.78 is 58.2. The van der Waals surface area contributed by atoms with Crippen LogP contribution in [-0.4, -0.2) is 36.4 Å². The third kappa shape index (κ3) is 3.21. The van der Waals surface area contributed by atoms with Crippen molar-refractivity contribution < 1.29 is 26.5 Å². The van der Waals surface area contributed by atoms with Crippen molar-refractivity contribution in [3.05, 3.63) is 41.3 Å². The smallest absolute Gasteiger partial charge is 0.249 e. The Morgan fingerprint density at radius 2 is 2.04 bits per heavy atom. The molecule has 140 valence electrons. The summed E-state index contributed by atoms with van der Waals surface area (Å²) in [6.07, 6.45) is 0.816. The normalized spacial score (nSPS) is 18.2. The molecule has 1 aliphatic heterocycles. The molecular weight excluding hydrogens is 368 g/mol. The number of amides is 1. The third-order valence-electron chi connectivity index (χ3n) is 4.23. The average Bonchev–Trinajstić information content (AvgIpc) is 3.18. The van der Waals surface area contributed by atoms with Crippen LogP contribution >= 0.6 is 0 Å². The number of halogens is 2. The monoisotopic (exact) mass is 385 g/mol. The van der Waals surface area contributed by atoms with Gasteiger partial charge in [-0.05, 0) is 38.8 Å². The summed E-state index contributed by atoms with van der Waals surface area (Å²) in [5.41, 5.74) is 0.268. The molecule has 1 N–H and O–H groups in total. The molecule has 10 heteroatoms. The first kappa shape index (κ1) is 18.5. The Morgan fingerprint density at radius 3 is 2.65 bits per heavy atom. The van der Waals surface area contributed by atoms with Crippen LogP contribution in [0.5, 0.6) is 0 Å². The molecule has 26 heavy (non-hydrogen) atoms. The first-order valence-corrected chi connectivity index (χ1v) is 9.36. The Kier molecular flexibility index (Phi) is 4.80. The van der Waals surface area contributed by atoms with Crippen LogP contribution in [0.3, 0.4) is 0 Å². The van der Waals surface area contributed by atoms with Gasteiger partial charge in [0.1, 0.15) is 16.6 Å². The molecule has 1 saturated heterocycles. The highest BCUT2D eigenvalue weighted by molar-refractivity contribution is 7.89. The predicted molar refractivity (Wildman–Crippen MR) is 87.9 cm³/mol. The van der Waals surface area contributed by atoms with E-state index in [1.165, 1.54) is 19.9 Å². The number of sulfonamides is 1. The Hall–Kier alpha value is -2.33. The molecule has 3 rings (SSSR count). The molecule has 1 fully saturated rings. The van der Waals surface area contributed by atoms with E-state index in [4.69, 9.17) is 4.52 Å². The van der Waals surface area contributed by atoms with Crippen LogP contribution in [0.1, 0.15) is 24.3 Å². The van der Waals surface area contributed by atoms with E-state index in [9.17, 15) is 22.0 Å². The first-order chi connectivity index (χ1) is 12.2. The van der Waals surface area contributed by atoms with Crippen LogP contribution in [-0.2, 0) is 14.8 Å². The Labute approximate surface area is 149 Å². The average molecular weight is 385 g/mol. The number of hydrogen-bond donors (Lipinski definition) is 1. The highest BCUT2D eigenvalue weighted by Crippen LogP contribution is 2.30. The summed E-state index contributed by atoms with van der Waals surface area (Å²) in [5.74, 6) is -2.60. The number of anilines is 1. The molecule has 1 atom stereocenters. The van der Waals surface area contributed by atoms with Crippen molar-refractivity contribution in [2.75, 3.05) is 11.9 Å². The molecule has 0 saturated carbocycles. The van der Waals surface area contributed by atoms with Gasteiger partial charge in [0.15, 0.2) is 17.4 Å². The van der Waals surface area contributed by atoms with Crippen molar-refractivity contribution in [1.82, 2.24) is 9.46 Å². The topological polar surface area (TPSA) is 92.5 Å². The van der Waals surface area contributed by atoms with Gasteiger partial charge in [0.25, 0.3) is 0 Å². The summed E-state index contributed by atoms with van der Waals surface area (Å²) in [6.45, 7) is 3.16. The summed E-state index contributed by atoms with van der Waals surface area (Å²) in [5, 5.41) is 6.09. The number of aryl methyl sites for hydroxylation is 2. The van der Waals surface area contributed by atoms with Gasteiger partial charge in [-0.25, -0.2) is 17.2 Å². The van der Waals surface area contributed by atoms with Crippen molar-refractivity contribution in [2.24, 2.45) is 0 Å². The summed E-state index contributed by atoms with van der Waals surface area (Å²) in [7, 11) is -3.98. The zero-order valence-electron chi connectivity index (χ0n) is 14.1. The zero-order valence-corrected chi connectivity index (χ0v) is 14.9. The maximum Gasteiger partial charge on any atom is 0.249 e. The number of nitrogens with one attached hydrogen (secondary N) is 1. The van der Waals surface area contributed by atoms with Gasteiger partial charge in [-0.15, -0.1) is 0 Å². The number of carbonyl (C=O) groups is 1. The molecule has 1 aromatic carbocycles. The minimum Gasteiger partial charge on any atom is -0.360 e. The lowest BCUT2D eigenvalue weighted by molar-refractivity contribution is -0.119. The van der Waals surface area contributed by atoms with Gasteiger partial charge in [0, 0.05) is 18.3 Å². The van der Waals surface area contributed by atoms with E-state index in [1.54, 1.807) is 0 Å². The molecule has 0 aliphatic carbocycles. The van der Waals surface area contributed by atoms with Crippen molar-refractivity contribution in [3.8, 4) is 0 Å². The van der Waals surface area contributed by atoms with E-state index in [2.05, 4.69) is 10.5 Å². The van der Waals surface area contributed by atoms with E-state index >= 15 is 0 Å². The van der Waals surface area contributed by atoms with Crippen LogP contribution in [0, 0.1) is 25.5 Å². The predicted octanol–water partition coefficient (Wildman–Crippen LogP) is 2.36. The fraction of sp³-hybridized carbons (Fsp3) is 0.375. The number of hydrogen-bond acceptors (Lipinski definition) is 5. The summed E-state index contributed by atoms with van der Waals surface area (Å²) in [6, 6.07) is 1.98. The van der Waals surface area contributed by atoms with Gasteiger partial charge in [-0.1, -0.05) is 5.16 Å². The second-order valence-corrected chi connectivity index (χ2v) is 7.87. The largest absolute Gasteiger partial charge is 0.360 e. The molecule has 0 radical (unpaired) electrons. The Bertz CT molecular complexity index is 939. The fourth-order valence-corrected chi connectivity index (χ4v) is 5.00. The molecule has 1 aliphatic rings. The molecule has 2 aromatic rings. The lowest BCUT2D eigenvalue weighted by Gasteiger charge is -2.23. The van der Waals surface area contributed by atoms with Crippen molar-refractivity contribution in [1.29, 1.82) is 0 Å². The number of rotatable bonds is 4. The van der Waals surface area contributed by atoms with E-state index in [0.717, 1.165) is 16.4 Å². The number of nitrogens with zero attached hydrogens (tertiary/aromatic N) is 2. The fourth-order valence-electron chi connectivity index (χ4n) is 3.05. The zero-order chi connectivity index (χ0) is 19.1. The van der Waals surface area contributed by atoms with Crippen molar-refractivity contribution in [2.45, 2.75) is 37.6 Å². The maximum atomic E-state index is 13.3. The third-order valence-corrected chi connectivity index (χ3v) is 6.38. The SMILES string of the molecule is Cc1noc(C)c1S(=O)(=O)N1CCCC1C(=O)Nc1ccc(F)c(F)c1. The molecule has 1 amide bonds. The van der Waals surface area contributed by atoms with Gasteiger partial charge in [-0.2, -0.15) is 4.31 Å². The lowest BCUT2D eigenvalue weighted by Crippen LogP contribution is -2.43. The van der Waals surface area contributed by atoms with Gasteiger partial charge in [0.05, 0.1) is 0 Å². The van der Waals surface area contributed by atoms with E-state index < -0.39 is 33.6 Å². The second kappa shape index (κ2) is 6.76. The van der Waals surface area contributed by atoms with Gasteiger partial charge in [0.2, 0.25) is 15.9 Å². The number of aromatic nitrogens is 1. The highest BCUT2D eigenvalue weighted by atomic mass is 32.2. The molecule has 0 spiro atoms. The summed E-state index contributed by atoms with van der Waals surface area (Å²) >= 11 is 0. The van der Waals surface area contributed by atoms with Crippen LogP contribution < -0.4 is 5.32 Å².